The third-order valence-electron chi connectivity index (χ3n) is 3.12. The van der Waals surface area contributed by atoms with E-state index >= 15 is 0 Å². The molecule has 1 aromatic carbocycles. The average Bonchev–Trinajstić information content (AvgIpc) is 3.13. The van der Waals surface area contributed by atoms with Crippen molar-refractivity contribution < 1.29 is 14.0 Å². The van der Waals surface area contributed by atoms with E-state index in [1.54, 1.807) is 6.07 Å². The van der Waals surface area contributed by atoms with Gasteiger partial charge in [0.15, 0.2) is 5.76 Å². The summed E-state index contributed by atoms with van der Waals surface area (Å²) in [6.45, 7) is 1.42. The van der Waals surface area contributed by atoms with Crippen LogP contribution in [0.4, 0.5) is 5.69 Å². The van der Waals surface area contributed by atoms with E-state index in [0.29, 0.717) is 11.3 Å². The van der Waals surface area contributed by atoms with Crippen molar-refractivity contribution in [2.75, 3.05) is 5.32 Å². The van der Waals surface area contributed by atoms with E-state index in [9.17, 15) is 9.59 Å². The second kappa shape index (κ2) is 4.49. The van der Waals surface area contributed by atoms with Gasteiger partial charge in [0, 0.05) is 22.7 Å². The first-order valence-electron chi connectivity index (χ1n) is 6.10. The number of anilines is 1. The van der Waals surface area contributed by atoms with E-state index in [4.69, 9.17) is 4.42 Å². The molecule has 98 valence electrons. The number of nitrogens with one attached hydrogen (secondary N) is 1. The monoisotopic (exact) mass is 321 g/mol. The van der Waals surface area contributed by atoms with Crippen LogP contribution in [0, 0.1) is 5.92 Å². The molecule has 5 heteroatoms. The molecular weight excluding hydrogens is 310 g/mol. The van der Waals surface area contributed by atoms with Gasteiger partial charge in [0.1, 0.15) is 5.58 Å². The van der Waals surface area contributed by atoms with E-state index in [-0.39, 0.29) is 23.4 Å². The third-order valence-corrected chi connectivity index (χ3v) is 3.62. The number of amides is 1. The van der Waals surface area contributed by atoms with Crippen LogP contribution in [0.5, 0.6) is 0 Å². The number of benzene rings is 1. The van der Waals surface area contributed by atoms with Crippen molar-refractivity contribution in [3.05, 3.63) is 28.4 Å². The zero-order valence-electron chi connectivity index (χ0n) is 10.3. The molecule has 1 fully saturated rings. The Morgan fingerprint density at radius 3 is 2.74 bits per heavy atom. The molecule has 0 spiro atoms. The van der Waals surface area contributed by atoms with Crippen molar-refractivity contribution in [2.24, 2.45) is 5.92 Å². The molecular formula is C14H12BrNO3. The third kappa shape index (κ3) is 2.30. The van der Waals surface area contributed by atoms with Crippen molar-refractivity contribution in [1.82, 2.24) is 0 Å². The first kappa shape index (κ1) is 12.4. The molecule has 1 N–H and O–H groups in total. The molecule has 1 saturated carbocycles. The maximum absolute atomic E-state index is 12.2. The van der Waals surface area contributed by atoms with Gasteiger partial charge in [0.25, 0.3) is 0 Å². The van der Waals surface area contributed by atoms with E-state index < -0.39 is 0 Å². The summed E-state index contributed by atoms with van der Waals surface area (Å²) in [6, 6.07) is 5.47. The van der Waals surface area contributed by atoms with Gasteiger partial charge in [-0.15, -0.1) is 0 Å². The van der Waals surface area contributed by atoms with E-state index in [0.717, 1.165) is 22.7 Å². The Balaban J connectivity index is 2.18. The fraction of sp³-hybridized carbons (Fsp3) is 0.286. The Morgan fingerprint density at radius 2 is 2.11 bits per heavy atom. The van der Waals surface area contributed by atoms with E-state index in [1.807, 2.05) is 12.1 Å². The van der Waals surface area contributed by atoms with Crippen molar-refractivity contribution in [3.63, 3.8) is 0 Å². The summed E-state index contributed by atoms with van der Waals surface area (Å²) in [6.07, 6.45) is 1.80. The first-order chi connectivity index (χ1) is 9.06. The predicted octanol–water partition coefficient (Wildman–Crippen LogP) is 3.75. The number of Topliss-reactive ketones (excluding diaryl/α,β-unsaturated/α-hetero) is 1. The van der Waals surface area contributed by atoms with Crippen molar-refractivity contribution in [3.8, 4) is 0 Å². The summed E-state index contributed by atoms with van der Waals surface area (Å²) in [5.41, 5.74) is 1.09. The average molecular weight is 322 g/mol. The quantitative estimate of drug-likeness (QED) is 0.876. The van der Waals surface area contributed by atoms with E-state index in [1.165, 1.54) is 6.92 Å². The lowest BCUT2D eigenvalue weighted by Crippen LogP contribution is -2.10. The lowest BCUT2D eigenvalue weighted by atomic mass is 10.1. The van der Waals surface area contributed by atoms with Crippen LogP contribution in [-0.2, 0) is 4.79 Å². The highest BCUT2D eigenvalue weighted by atomic mass is 79.9. The fourth-order valence-corrected chi connectivity index (χ4v) is 2.44. The minimum atomic E-state index is -0.215. The standard InChI is InChI=1S/C14H12BrNO3/c1-7(17)16-12-10-6-9(15)4-5-11(10)19-14(12)13(18)8-2-3-8/h4-6,8H,2-3H2,1H3,(H,16,17). The molecule has 0 atom stereocenters. The molecule has 0 unspecified atom stereocenters. The highest BCUT2D eigenvalue weighted by Gasteiger charge is 2.35. The fourth-order valence-electron chi connectivity index (χ4n) is 2.07. The van der Waals surface area contributed by atoms with Gasteiger partial charge in [-0.05, 0) is 31.0 Å². The topological polar surface area (TPSA) is 59.3 Å². The number of carbonyl (C=O) groups is 2. The van der Waals surface area contributed by atoms with E-state index in [2.05, 4.69) is 21.2 Å². The molecule has 1 aromatic heterocycles. The lowest BCUT2D eigenvalue weighted by molar-refractivity contribution is -0.114. The van der Waals surface area contributed by atoms with Crippen LogP contribution in [0.3, 0.4) is 0 Å². The normalized spacial score (nSPS) is 14.6. The minimum absolute atomic E-state index is 0.0175. The summed E-state index contributed by atoms with van der Waals surface area (Å²) in [7, 11) is 0. The zero-order chi connectivity index (χ0) is 13.6. The van der Waals surface area contributed by atoms with Crippen LogP contribution in [0.15, 0.2) is 27.1 Å². The molecule has 19 heavy (non-hydrogen) atoms. The number of carbonyl (C=O) groups excluding carboxylic acids is 2. The molecule has 1 amide bonds. The Bertz CT molecular complexity index is 685. The van der Waals surface area contributed by atoms with Crippen LogP contribution in [0.1, 0.15) is 30.3 Å². The predicted molar refractivity (Wildman–Crippen MR) is 75.3 cm³/mol. The number of halogens is 1. The van der Waals surface area contributed by atoms with Gasteiger partial charge in [-0.1, -0.05) is 15.9 Å². The molecule has 4 nitrogen and oxygen atoms in total. The lowest BCUT2D eigenvalue weighted by Gasteiger charge is -2.02. The summed E-state index contributed by atoms with van der Waals surface area (Å²) in [5, 5.41) is 3.46. The highest BCUT2D eigenvalue weighted by molar-refractivity contribution is 9.10. The molecule has 1 aliphatic rings. The van der Waals surface area contributed by atoms with Crippen LogP contribution in [0.25, 0.3) is 11.0 Å². The molecule has 2 aromatic rings. The summed E-state index contributed by atoms with van der Waals surface area (Å²) in [5.74, 6) is 0.0888. The first-order valence-corrected chi connectivity index (χ1v) is 6.89. The van der Waals surface area contributed by atoms with Crippen molar-refractivity contribution in [1.29, 1.82) is 0 Å². The molecule has 0 radical (unpaired) electrons. The van der Waals surface area contributed by atoms with Crippen LogP contribution < -0.4 is 5.32 Å². The van der Waals surface area contributed by atoms with Crippen LogP contribution >= 0.6 is 15.9 Å². The maximum atomic E-state index is 12.2. The summed E-state index contributed by atoms with van der Waals surface area (Å²) in [4.78, 5) is 23.5. The Hall–Kier alpha value is -1.62. The second-order valence-corrected chi connectivity index (χ2v) is 5.68. The largest absolute Gasteiger partial charge is 0.451 e. The Morgan fingerprint density at radius 1 is 1.37 bits per heavy atom. The summed E-state index contributed by atoms with van der Waals surface area (Å²) >= 11 is 3.38. The van der Waals surface area contributed by atoms with Crippen LogP contribution in [0.2, 0.25) is 0 Å². The molecule has 0 saturated heterocycles. The number of hydrogen-bond donors (Lipinski definition) is 1. The summed E-state index contributed by atoms with van der Waals surface area (Å²) < 4.78 is 6.51. The zero-order valence-corrected chi connectivity index (χ0v) is 11.9. The smallest absolute Gasteiger partial charge is 0.221 e. The number of hydrogen-bond acceptors (Lipinski definition) is 3. The molecule has 0 bridgehead atoms. The Kier molecular flexibility index (Phi) is 2.93. The van der Waals surface area contributed by atoms with Gasteiger partial charge in [-0.2, -0.15) is 0 Å². The SMILES string of the molecule is CC(=O)Nc1c(C(=O)C2CC2)oc2ccc(Br)cc12. The second-order valence-electron chi connectivity index (χ2n) is 4.77. The van der Waals surface area contributed by atoms with Gasteiger partial charge in [0.2, 0.25) is 11.7 Å². The number of ketones is 1. The van der Waals surface area contributed by atoms with Crippen molar-refractivity contribution >= 4 is 44.3 Å². The van der Waals surface area contributed by atoms with Crippen molar-refractivity contribution in [2.45, 2.75) is 19.8 Å². The number of rotatable bonds is 3. The molecule has 3 rings (SSSR count). The van der Waals surface area contributed by atoms with Gasteiger partial charge in [0.05, 0.1) is 5.69 Å². The van der Waals surface area contributed by atoms with Gasteiger partial charge in [-0.25, -0.2) is 0 Å². The molecule has 1 heterocycles. The number of furan rings is 1. The minimum Gasteiger partial charge on any atom is -0.451 e. The van der Waals surface area contributed by atoms with Gasteiger partial charge < -0.3 is 9.73 Å². The molecule has 0 aliphatic heterocycles. The highest BCUT2D eigenvalue weighted by Crippen LogP contribution is 2.39. The van der Waals surface area contributed by atoms with Crippen LogP contribution in [-0.4, -0.2) is 11.7 Å². The molecule has 1 aliphatic carbocycles. The van der Waals surface area contributed by atoms with Gasteiger partial charge >= 0.3 is 0 Å². The maximum Gasteiger partial charge on any atom is 0.221 e. The van der Waals surface area contributed by atoms with Gasteiger partial charge in [-0.3, -0.25) is 9.59 Å². The Labute approximate surface area is 118 Å². The number of fused-ring (bicyclic) bond motifs is 1.